The fourth-order valence-electron chi connectivity index (χ4n) is 3.10. The van der Waals surface area contributed by atoms with Crippen molar-refractivity contribution < 1.29 is 9.59 Å². The molecule has 1 aromatic carbocycles. The maximum absolute atomic E-state index is 12.9. The van der Waals surface area contributed by atoms with E-state index in [1.54, 1.807) is 9.58 Å². The molecule has 0 radical (unpaired) electrons. The first kappa shape index (κ1) is 16.2. The zero-order valence-corrected chi connectivity index (χ0v) is 13.8. The SMILES string of the molecule is Cc1c(C(=O)N2C[C@@H](C(N)=O)CC[C@@H]2C)nnn1-c1ccccc1. The average molecular weight is 327 g/mol. The molecule has 1 aliphatic heterocycles. The topological polar surface area (TPSA) is 94.1 Å². The first-order chi connectivity index (χ1) is 11.5. The highest BCUT2D eigenvalue weighted by atomic mass is 16.2. The summed E-state index contributed by atoms with van der Waals surface area (Å²) < 4.78 is 1.65. The molecule has 7 nitrogen and oxygen atoms in total. The summed E-state index contributed by atoms with van der Waals surface area (Å²) in [6.07, 6.45) is 1.47. The molecule has 126 valence electrons. The quantitative estimate of drug-likeness (QED) is 0.919. The maximum Gasteiger partial charge on any atom is 0.276 e. The number of hydrogen-bond donors (Lipinski definition) is 1. The van der Waals surface area contributed by atoms with Crippen LogP contribution in [-0.4, -0.2) is 44.3 Å². The monoisotopic (exact) mass is 327 g/mol. The molecule has 0 bridgehead atoms. The highest BCUT2D eigenvalue weighted by Crippen LogP contribution is 2.24. The molecule has 0 spiro atoms. The van der Waals surface area contributed by atoms with Crippen LogP contribution in [0, 0.1) is 12.8 Å². The van der Waals surface area contributed by atoms with Gasteiger partial charge in [0.2, 0.25) is 5.91 Å². The minimum Gasteiger partial charge on any atom is -0.369 e. The van der Waals surface area contributed by atoms with Crippen LogP contribution in [0.15, 0.2) is 30.3 Å². The predicted octanol–water partition coefficient (Wildman–Crippen LogP) is 1.30. The molecule has 1 saturated heterocycles. The predicted molar refractivity (Wildman–Crippen MR) is 88.5 cm³/mol. The smallest absolute Gasteiger partial charge is 0.276 e. The summed E-state index contributed by atoms with van der Waals surface area (Å²) in [6.45, 7) is 4.14. The fraction of sp³-hybridized carbons (Fsp3) is 0.412. The third-order valence-electron chi connectivity index (χ3n) is 4.64. The van der Waals surface area contributed by atoms with Gasteiger partial charge in [0.25, 0.3) is 5.91 Å². The third kappa shape index (κ3) is 2.89. The molecule has 0 aliphatic carbocycles. The van der Waals surface area contributed by atoms with Gasteiger partial charge in [-0.05, 0) is 38.8 Å². The van der Waals surface area contributed by atoms with Crippen LogP contribution in [0.3, 0.4) is 0 Å². The molecule has 2 heterocycles. The molecule has 2 amide bonds. The third-order valence-corrected chi connectivity index (χ3v) is 4.64. The molecule has 24 heavy (non-hydrogen) atoms. The summed E-state index contributed by atoms with van der Waals surface area (Å²) in [7, 11) is 0. The molecule has 0 saturated carbocycles. The van der Waals surface area contributed by atoms with Gasteiger partial charge in [-0.1, -0.05) is 23.4 Å². The number of piperidine rings is 1. The molecular formula is C17H21N5O2. The van der Waals surface area contributed by atoms with E-state index in [2.05, 4.69) is 10.3 Å². The number of aromatic nitrogens is 3. The summed E-state index contributed by atoms with van der Waals surface area (Å²) in [5.74, 6) is -0.855. The molecular weight excluding hydrogens is 306 g/mol. The summed E-state index contributed by atoms with van der Waals surface area (Å²) in [4.78, 5) is 26.1. The van der Waals surface area contributed by atoms with Crippen molar-refractivity contribution in [2.75, 3.05) is 6.54 Å². The Morgan fingerprint density at radius 3 is 2.58 bits per heavy atom. The van der Waals surface area contributed by atoms with Gasteiger partial charge in [0.05, 0.1) is 17.3 Å². The summed E-state index contributed by atoms with van der Waals surface area (Å²) in [5, 5.41) is 8.19. The van der Waals surface area contributed by atoms with Gasteiger partial charge in [0.15, 0.2) is 5.69 Å². The normalized spacial score (nSPS) is 20.8. The number of rotatable bonds is 3. The standard InChI is InChI=1S/C17H21N5O2/c1-11-8-9-13(16(18)23)10-21(11)17(24)15-12(2)22(20-19-15)14-6-4-3-5-7-14/h3-7,11,13H,8-10H2,1-2H3,(H2,18,23)/t11-,13-/m0/s1. The second kappa shape index (κ2) is 6.43. The van der Waals surface area contributed by atoms with Crippen molar-refractivity contribution in [1.29, 1.82) is 0 Å². The second-order valence-corrected chi connectivity index (χ2v) is 6.25. The minimum atomic E-state index is -0.357. The van der Waals surface area contributed by atoms with Crippen molar-refractivity contribution in [3.8, 4) is 5.69 Å². The highest BCUT2D eigenvalue weighted by Gasteiger charge is 2.34. The summed E-state index contributed by atoms with van der Waals surface area (Å²) >= 11 is 0. The molecule has 7 heteroatoms. The lowest BCUT2D eigenvalue weighted by atomic mass is 9.92. The Balaban J connectivity index is 1.87. The first-order valence-electron chi connectivity index (χ1n) is 8.07. The van der Waals surface area contributed by atoms with Gasteiger partial charge >= 0.3 is 0 Å². The van der Waals surface area contributed by atoms with E-state index in [-0.39, 0.29) is 23.8 Å². The lowest BCUT2D eigenvalue weighted by Crippen LogP contribution is -2.48. The van der Waals surface area contributed by atoms with Crippen molar-refractivity contribution in [2.45, 2.75) is 32.7 Å². The number of benzene rings is 1. The van der Waals surface area contributed by atoms with E-state index in [9.17, 15) is 9.59 Å². The number of para-hydroxylation sites is 1. The van der Waals surface area contributed by atoms with E-state index >= 15 is 0 Å². The highest BCUT2D eigenvalue weighted by molar-refractivity contribution is 5.94. The van der Waals surface area contributed by atoms with Crippen LogP contribution < -0.4 is 5.73 Å². The first-order valence-corrected chi connectivity index (χ1v) is 8.07. The van der Waals surface area contributed by atoms with Crippen molar-refractivity contribution in [3.63, 3.8) is 0 Å². The largest absolute Gasteiger partial charge is 0.369 e. The Hall–Kier alpha value is -2.70. The molecule has 3 rings (SSSR count). The van der Waals surface area contributed by atoms with Crippen molar-refractivity contribution >= 4 is 11.8 Å². The van der Waals surface area contributed by atoms with Gasteiger partial charge in [0, 0.05) is 12.6 Å². The molecule has 0 unspecified atom stereocenters. The second-order valence-electron chi connectivity index (χ2n) is 6.25. The van der Waals surface area contributed by atoms with E-state index in [0.717, 1.165) is 18.5 Å². The van der Waals surface area contributed by atoms with Crippen molar-refractivity contribution in [2.24, 2.45) is 11.7 Å². The zero-order valence-electron chi connectivity index (χ0n) is 13.8. The molecule has 2 atom stereocenters. The van der Waals surface area contributed by atoms with Gasteiger partial charge in [0.1, 0.15) is 0 Å². The maximum atomic E-state index is 12.9. The van der Waals surface area contributed by atoms with E-state index in [4.69, 9.17) is 5.73 Å². The van der Waals surface area contributed by atoms with Crippen LogP contribution >= 0.6 is 0 Å². The number of likely N-dealkylation sites (tertiary alicyclic amines) is 1. The number of primary amides is 1. The Labute approximate surface area is 140 Å². The Morgan fingerprint density at radius 2 is 1.92 bits per heavy atom. The lowest BCUT2D eigenvalue weighted by Gasteiger charge is -2.36. The summed E-state index contributed by atoms with van der Waals surface area (Å²) in [6, 6.07) is 9.59. The van der Waals surface area contributed by atoms with Gasteiger partial charge in [-0.2, -0.15) is 0 Å². The lowest BCUT2D eigenvalue weighted by molar-refractivity contribution is -0.123. The van der Waals surface area contributed by atoms with Crippen LogP contribution in [0.25, 0.3) is 5.69 Å². The van der Waals surface area contributed by atoms with Crippen LogP contribution in [0.2, 0.25) is 0 Å². The average Bonchev–Trinajstić information content (AvgIpc) is 2.97. The molecule has 1 aromatic heterocycles. The molecule has 1 aliphatic rings. The minimum absolute atomic E-state index is 0.0503. The van der Waals surface area contributed by atoms with Crippen molar-refractivity contribution in [1.82, 2.24) is 19.9 Å². The van der Waals surface area contributed by atoms with E-state index < -0.39 is 0 Å². The number of carbonyl (C=O) groups is 2. The number of carbonyl (C=O) groups excluding carboxylic acids is 2. The van der Waals surface area contributed by atoms with Crippen LogP contribution in [0.1, 0.15) is 35.9 Å². The van der Waals surface area contributed by atoms with Crippen LogP contribution in [0.4, 0.5) is 0 Å². The number of nitrogens with zero attached hydrogens (tertiary/aromatic N) is 4. The fourth-order valence-corrected chi connectivity index (χ4v) is 3.10. The Kier molecular flexibility index (Phi) is 4.33. The molecule has 1 fully saturated rings. The number of nitrogens with two attached hydrogens (primary N) is 1. The Morgan fingerprint density at radius 1 is 1.21 bits per heavy atom. The zero-order chi connectivity index (χ0) is 17.3. The van der Waals surface area contributed by atoms with Gasteiger partial charge in [-0.3, -0.25) is 9.59 Å². The number of hydrogen-bond acceptors (Lipinski definition) is 4. The molecule has 2 N–H and O–H groups in total. The van der Waals surface area contributed by atoms with Crippen LogP contribution in [0.5, 0.6) is 0 Å². The Bertz CT molecular complexity index is 756. The van der Waals surface area contributed by atoms with Gasteiger partial charge in [-0.15, -0.1) is 5.10 Å². The van der Waals surface area contributed by atoms with E-state index in [0.29, 0.717) is 17.9 Å². The van der Waals surface area contributed by atoms with Crippen molar-refractivity contribution in [3.05, 3.63) is 41.7 Å². The number of amides is 2. The van der Waals surface area contributed by atoms with Crippen LogP contribution in [-0.2, 0) is 4.79 Å². The van der Waals surface area contributed by atoms with E-state index in [1.807, 2.05) is 44.2 Å². The van der Waals surface area contributed by atoms with Gasteiger partial charge < -0.3 is 10.6 Å². The van der Waals surface area contributed by atoms with Gasteiger partial charge in [-0.25, -0.2) is 4.68 Å². The van der Waals surface area contributed by atoms with E-state index in [1.165, 1.54) is 0 Å². The summed E-state index contributed by atoms with van der Waals surface area (Å²) in [5.41, 5.74) is 7.26. The molecule has 2 aromatic rings.